The van der Waals surface area contributed by atoms with E-state index in [-0.39, 0.29) is 11.8 Å². The second kappa shape index (κ2) is 8.71. The smallest absolute Gasteiger partial charge is 0.240 e. The summed E-state index contributed by atoms with van der Waals surface area (Å²) in [6.45, 7) is 2.31. The maximum Gasteiger partial charge on any atom is 0.240 e. The van der Waals surface area contributed by atoms with Crippen LogP contribution in [-0.2, 0) is 20.7 Å². The minimum Gasteiger partial charge on any atom is -0.493 e. The molecule has 0 unspecified atom stereocenters. The lowest BCUT2D eigenvalue weighted by molar-refractivity contribution is -0.131. The number of ether oxygens (including phenoxy) is 2. The van der Waals surface area contributed by atoms with Crippen molar-refractivity contribution in [1.82, 2.24) is 4.98 Å². The standard InChI is InChI=1S/C33H27N3O4/c1-3-6-21-19-35-26-11-10-22(17-25(21)26)39-16-15-33-14-13-32(2,40-33)28-29(33)31(38)36(30(28)37)27-12-9-20(18-34)23-7-4-5-8-24(23)27/h1,4-5,7-12,17,19,28-29,35H,6,13-16H2,2H3/t28-,29+,32-,33-/m1/s1. The number of nitrogens with one attached hydrogen (secondary N) is 1. The zero-order chi connectivity index (χ0) is 27.6. The number of aromatic amines is 1. The summed E-state index contributed by atoms with van der Waals surface area (Å²) in [6, 6.07) is 18.9. The highest BCUT2D eigenvalue weighted by Crippen LogP contribution is 2.62. The van der Waals surface area contributed by atoms with E-state index >= 15 is 0 Å². The number of nitrogens with zero attached hydrogens (tertiary/aromatic N) is 2. The van der Waals surface area contributed by atoms with Gasteiger partial charge in [0.05, 0.1) is 47.0 Å². The molecule has 0 saturated carbocycles. The topological polar surface area (TPSA) is 95.4 Å². The summed E-state index contributed by atoms with van der Waals surface area (Å²) >= 11 is 0. The highest BCUT2D eigenvalue weighted by atomic mass is 16.5. The number of terminal acetylenes is 1. The van der Waals surface area contributed by atoms with Gasteiger partial charge in [0, 0.05) is 40.7 Å². The molecule has 3 aromatic carbocycles. The molecule has 0 spiro atoms. The van der Waals surface area contributed by atoms with Crippen LogP contribution >= 0.6 is 0 Å². The average Bonchev–Trinajstić information content (AvgIpc) is 3.67. The number of aromatic nitrogens is 1. The Morgan fingerprint density at radius 3 is 2.67 bits per heavy atom. The first kappa shape index (κ1) is 24.5. The molecule has 4 atom stereocenters. The van der Waals surface area contributed by atoms with Crippen LogP contribution in [0.1, 0.15) is 37.3 Å². The van der Waals surface area contributed by atoms with Crippen LogP contribution in [0.25, 0.3) is 21.7 Å². The Labute approximate surface area is 231 Å². The van der Waals surface area contributed by atoms with Crippen molar-refractivity contribution >= 4 is 39.2 Å². The molecule has 7 rings (SSSR count). The van der Waals surface area contributed by atoms with Crippen LogP contribution in [0.4, 0.5) is 5.69 Å². The number of hydrogen-bond donors (Lipinski definition) is 1. The zero-order valence-corrected chi connectivity index (χ0v) is 22.1. The van der Waals surface area contributed by atoms with Crippen molar-refractivity contribution < 1.29 is 19.1 Å². The minimum atomic E-state index is -0.768. The Morgan fingerprint density at radius 1 is 1.07 bits per heavy atom. The maximum absolute atomic E-state index is 14.1. The van der Waals surface area contributed by atoms with E-state index in [1.54, 1.807) is 12.1 Å². The van der Waals surface area contributed by atoms with Crippen LogP contribution < -0.4 is 9.64 Å². The van der Waals surface area contributed by atoms with E-state index in [9.17, 15) is 14.9 Å². The predicted molar refractivity (Wildman–Crippen MR) is 151 cm³/mol. The van der Waals surface area contributed by atoms with Crippen LogP contribution in [0.2, 0.25) is 0 Å². The van der Waals surface area contributed by atoms with E-state index in [2.05, 4.69) is 17.0 Å². The van der Waals surface area contributed by atoms with Gasteiger partial charge in [-0.05, 0) is 55.7 Å². The van der Waals surface area contributed by atoms with Gasteiger partial charge in [0.25, 0.3) is 0 Å². The molecule has 198 valence electrons. The van der Waals surface area contributed by atoms with Crippen LogP contribution in [0, 0.1) is 35.5 Å². The SMILES string of the molecule is C#CCc1c[nH]c2ccc(OCC[C@@]34CC[C@@](C)(O3)[C@H]3C(=O)N(c5ccc(C#N)c6ccccc56)C(=O)[C@H]34)cc12. The van der Waals surface area contributed by atoms with Gasteiger partial charge in [-0.15, -0.1) is 12.3 Å². The fourth-order valence-corrected chi connectivity index (χ4v) is 7.27. The summed E-state index contributed by atoms with van der Waals surface area (Å²) in [6.07, 6.45) is 9.86. The fourth-order valence-electron chi connectivity index (χ4n) is 7.27. The Balaban J connectivity index is 1.17. The van der Waals surface area contributed by atoms with E-state index in [0.29, 0.717) is 48.9 Å². The van der Waals surface area contributed by atoms with Gasteiger partial charge < -0.3 is 14.5 Å². The number of fused-ring (bicyclic) bond motifs is 7. The molecular formula is C33H27N3O4. The van der Waals surface area contributed by atoms with Crippen LogP contribution in [0.3, 0.4) is 0 Å². The maximum atomic E-state index is 14.1. The summed E-state index contributed by atoms with van der Waals surface area (Å²) in [5, 5.41) is 12.0. The Hall–Kier alpha value is -4.59. The molecule has 2 bridgehead atoms. The van der Waals surface area contributed by atoms with E-state index < -0.39 is 23.0 Å². The highest BCUT2D eigenvalue weighted by Gasteiger charge is 2.73. The van der Waals surface area contributed by atoms with Crippen molar-refractivity contribution in [3.63, 3.8) is 0 Å². The van der Waals surface area contributed by atoms with Gasteiger partial charge in [-0.3, -0.25) is 9.59 Å². The number of hydrogen-bond acceptors (Lipinski definition) is 5. The van der Waals surface area contributed by atoms with Crippen molar-refractivity contribution in [3.05, 3.63) is 71.9 Å². The van der Waals surface area contributed by atoms with Gasteiger partial charge in [0.1, 0.15) is 5.75 Å². The molecular weight excluding hydrogens is 502 g/mol. The summed E-state index contributed by atoms with van der Waals surface area (Å²) in [4.78, 5) is 32.6. The molecule has 7 heteroatoms. The lowest BCUT2D eigenvalue weighted by atomic mass is 9.67. The molecule has 3 fully saturated rings. The van der Waals surface area contributed by atoms with E-state index in [4.69, 9.17) is 15.9 Å². The first-order valence-corrected chi connectivity index (χ1v) is 13.6. The molecule has 40 heavy (non-hydrogen) atoms. The molecule has 0 aliphatic carbocycles. The number of carbonyl (C=O) groups is 2. The third-order valence-electron chi connectivity index (χ3n) is 9.10. The summed E-state index contributed by atoms with van der Waals surface area (Å²) in [7, 11) is 0. The number of anilines is 1. The van der Waals surface area contributed by atoms with E-state index in [1.165, 1.54) is 4.90 Å². The lowest BCUT2D eigenvalue weighted by Gasteiger charge is -2.31. The van der Waals surface area contributed by atoms with Gasteiger partial charge >= 0.3 is 0 Å². The van der Waals surface area contributed by atoms with Crippen molar-refractivity contribution in [2.24, 2.45) is 11.8 Å². The molecule has 7 nitrogen and oxygen atoms in total. The Bertz CT molecular complexity index is 1810. The van der Waals surface area contributed by atoms with Crippen LogP contribution in [0.15, 0.2) is 60.8 Å². The minimum absolute atomic E-state index is 0.228. The molecule has 0 radical (unpaired) electrons. The molecule has 3 aliphatic heterocycles. The fraction of sp³-hybridized carbons (Fsp3) is 0.303. The van der Waals surface area contributed by atoms with Crippen molar-refractivity contribution in [3.8, 4) is 24.2 Å². The molecule has 3 aliphatic rings. The molecule has 1 N–H and O–H groups in total. The molecule has 2 amide bonds. The number of benzene rings is 3. The number of amides is 2. The summed E-state index contributed by atoms with van der Waals surface area (Å²) < 4.78 is 12.8. The third-order valence-corrected chi connectivity index (χ3v) is 9.10. The normalized spacial score (nSPS) is 26.8. The molecule has 4 aromatic rings. The first-order chi connectivity index (χ1) is 19.4. The lowest BCUT2D eigenvalue weighted by Crippen LogP contribution is -2.43. The van der Waals surface area contributed by atoms with Crippen LogP contribution in [0.5, 0.6) is 5.75 Å². The number of nitriles is 1. The quantitative estimate of drug-likeness (QED) is 0.271. The number of imide groups is 1. The molecule has 4 heterocycles. The predicted octanol–water partition coefficient (Wildman–Crippen LogP) is 5.26. The second-order valence-electron chi connectivity index (χ2n) is 11.2. The van der Waals surface area contributed by atoms with Gasteiger partial charge in [-0.1, -0.05) is 24.3 Å². The van der Waals surface area contributed by atoms with Crippen LogP contribution in [-0.4, -0.2) is 34.6 Å². The van der Waals surface area contributed by atoms with E-state index in [1.807, 2.05) is 55.6 Å². The van der Waals surface area contributed by atoms with Gasteiger partial charge in [0.2, 0.25) is 11.8 Å². The van der Waals surface area contributed by atoms with Gasteiger partial charge in [-0.2, -0.15) is 5.26 Å². The third kappa shape index (κ3) is 3.35. The van der Waals surface area contributed by atoms with Gasteiger partial charge in [0.15, 0.2) is 0 Å². The second-order valence-corrected chi connectivity index (χ2v) is 11.2. The highest BCUT2D eigenvalue weighted by molar-refractivity contribution is 6.26. The van der Waals surface area contributed by atoms with Crippen molar-refractivity contribution in [1.29, 1.82) is 5.26 Å². The zero-order valence-electron chi connectivity index (χ0n) is 22.1. The number of carbonyl (C=O) groups excluding carboxylic acids is 2. The largest absolute Gasteiger partial charge is 0.493 e. The van der Waals surface area contributed by atoms with Gasteiger partial charge in [-0.25, -0.2) is 4.90 Å². The molecule has 1 aromatic heterocycles. The average molecular weight is 530 g/mol. The van der Waals surface area contributed by atoms with Crippen molar-refractivity contribution in [2.75, 3.05) is 11.5 Å². The van der Waals surface area contributed by atoms with Crippen molar-refractivity contribution in [2.45, 2.75) is 43.8 Å². The molecule has 3 saturated heterocycles. The Kier molecular flexibility index (Phi) is 5.32. The summed E-state index contributed by atoms with van der Waals surface area (Å²) in [5.74, 6) is 1.82. The summed E-state index contributed by atoms with van der Waals surface area (Å²) in [5.41, 5.74) is 1.59. The first-order valence-electron chi connectivity index (χ1n) is 13.6. The Morgan fingerprint density at radius 2 is 1.88 bits per heavy atom. The van der Waals surface area contributed by atoms with E-state index in [0.717, 1.165) is 27.6 Å². The number of H-pyrrole nitrogens is 1. The number of rotatable bonds is 6. The monoisotopic (exact) mass is 529 g/mol.